The summed E-state index contributed by atoms with van der Waals surface area (Å²) in [4.78, 5) is 23.7. The lowest BCUT2D eigenvalue weighted by atomic mass is 10.1. The fourth-order valence-corrected chi connectivity index (χ4v) is 2.41. The van der Waals surface area contributed by atoms with Gasteiger partial charge in [-0.3, -0.25) is 9.59 Å². The Labute approximate surface area is 132 Å². The van der Waals surface area contributed by atoms with Gasteiger partial charge in [0.15, 0.2) is 5.78 Å². The lowest BCUT2D eigenvalue weighted by Crippen LogP contribution is -2.17. The number of nitrogens with zero attached hydrogens (tertiary/aromatic N) is 1. The third-order valence-electron chi connectivity index (χ3n) is 2.98. The molecule has 2 aromatic rings. The number of aromatic nitrogens is 1. The molecule has 0 unspecified atom stereocenters. The molecule has 1 aromatic carbocycles. The predicted molar refractivity (Wildman–Crippen MR) is 86.4 cm³/mol. The van der Waals surface area contributed by atoms with Crippen LogP contribution in [0.5, 0.6) is 0 Å². The molecule has 0 aliphatic carbocycles. The minimum absolute atomic E-state index is 0.114. The number of carbonyl (C=O) groups excluding carboxylic acids is 2. The second-order valence-corrected chi connectivity index (χ2v) is 5.72. The molecule has 0 saturated heterocycles. The van der Waals surface area contributed by atoms with Crippen molar-refractivity contribution in [1.82, 2.24) is 4.57 Å². The average Bonchev–Trinajstić information content (AvgIpc) is 2.87. The molecule has 0 radical (unpaired) electrons. The molecule has 110 valence electrons. The summed E-state index contributed by atoms with van der Waals surface area (Å²) in [6.45, 7) is 2.16. The highest BCUT2D eigenvalue weighted by Gasteiger charge is 2.08. The normalized spacial score (nSPS) is 10.4. The minimum atomic E-state index is -0.127. The van der Waals surface area contributed by atoms with E-state index >= 15 is 0 Å². The molecule has 0 fully saturated rings. The van der Waals surface area contributed by atoms with Crippen LogP contribution >= 0.6 is 15.9 Å². The van der Waals surface area contributed by atoms with Gasteiger partial charge in [0.05, 0.1) is 0 Å². The third kappa shape index (κ3) is 4.56. The van der Waals surface area contributed by atoms with E-state index in [1.807, 2.05) is 31.2 Å². The highest BCUT2D eigenvalue weighted by atomic mass is 79.9. The van der Waals surface area contributed by atoms with Crippen LogP contribution in [-0.2, 0) is 11.3 Å². The molecule has 21 heavy (non-hydrogen) atoms. The number of hydrogen-bond donors (Lipinski definition) is 1. The topological polar surface area (TPSA) is 51.1 Å². The summed E-state index contributed by atoms with van der Waals surface area (Å²) in [7, 11) is 0. The molecule has 0 atom stereocenters. The van der Waals surface area contributed by atoms with E-state index < -0.39 is 0 Å². The first-order valence-corrected chi connectivity index (χ1v) is 7.62. The van der Waals surface area contributed by atoms with Crippen LogP contribution < -0.4 is 5.32 Å². The number of hydrogen-bond acceptors (Lipinski definition) is 2. The molecule has 4 nitrogen and oxygen atoms in total. The van der Waals surface area contributed by atoms with Crippen molar-refractivity contribution in [2.75, 3.05) is 5.32 Å². The number of benzene rings is 1. The lowest BCUT2D eigenvalue weighted by molar-refractivity contribution is -0.116. The first-order valence-electron chi connectivity index (χ1n) is 6.83. The summed E-state index contributed by atoms with van der Waals surface area (Å²) >= 11 is 3.36. The Morgan fingerprint density at radius 1 is 1.29 bits per heavy atom. The van der Waals surface area contributed by atoms with Crippen LogP contribution in [0.2, 0.25) is 0 Å². The zero-order valence-electron chi connectivity index (χ0n) is 11.8. The summed E-state index contributed by atoms with van der Waals surface area (Å²) in [5.74, 6) is -0.0122. The molecule has 2 rings (SSSR count). The van der Waals surface area contributed by atoms with E-state index in [0.717, 1.165) is 16.6 Å². The largest absolute Gasteiger partial charge is 0.344 e. The van der Waals surface area contributed by atoms with Gasteiger partial charge in [-0.25, -0.2) is 0 Å². The lowest BCUT2D eigenvalue weighted by Gasteiger charge is -2.06. The van der Waals surface area contributed by atoms with Crippen LogP contribution in [0.1, 0.15) is 30.1 Å². The van der Waals surface area contributed by atoms with E-state index in [1.54, 1.807) is 23.0 Å². The summed E-state index contributed by atoms with van der Waals surface area (Å²) < 4.78 is 2.63. The molecule has 1 aromatic heterocycles. The van der Waals surface area contributed by atoms with Gasteiger partial charge < -0.3 is 9.88 Å². The van der Waals surface area contributed by atoms with Crippen LogP contribution in [0.4, 0.5) is 5.69 Å². The summed E-state index contributed by atoms with van der Waals surface area (Å²) in [6, 6.07) is 9.17. The van der Waals surface area contributed by atoms with E-state index in [-0.39, 0.29) is 18.2 Å². The van der Waals surface area contributed by atoms with Crippen molar-refractivity contribution in [3.05, 3.63) is 52.8 Å². The standard InChI is InChI=1S/C16H17BrN2O2/c1-2-4-15(20)12-7-8-19(10-12)11-16(21)18-14-6-3-5-13(17)9-14/h3,5-10H,2,4,11H2,1H3,(H,18,21). The van der Waals surface area contributed by atoms with Gasteiger partial charge in [0.2, 0.25) is 5.91 Å². The zero-order chi connectivity index (χ0) is 15.2. The number of nitrogens with one attached hydrogen (secondary N) is 1. The Morgan fingerprint density at radius 3 is 2.81 bits per heavy atom. The van der Waals surface area contributed by atoms with E-state index in [2.05, 4.69) is 21.2 Å². The summed E-state index contributed by atoms with van der Waals surface area (Å²) in [5, 5.41) is 2.82. The molecule has 0 saturated carbocycles. The van der Waals surface area contributed by atoms with Gasteiger partial charge in [0.25, 0.3) is 0 Å². The van der Waals surface area contributed by atoms with Crippen molar-refractivity contribution in [3.63, 3.8) is 0 Å². The van der Waals surface area contributed by atoms with Crippen LogP contribution in [-0.4, -0.2) is 16.3 Å². The van der Waals surface area contributed by atoms with Gasteiger partial charge in [-0.05, 0) is 30.7 Å². The number of carbonyl (C=O) groups is 2. The summed E-state index contributed by atoms with van der Waals surface area (Å²) in [6.07, 6.45) is 4.84. The van der Waals surface area contributed by atoms with E-state index in [1.165, 1.54) is 0 Å². The van der Waals surface area contributed by atoms with Gasteiger partial charge in [-0.1, -0.05) is 28.9 Å². The van der Waals surface area contributed by atoms with E-state index in [0.29, 0.717) is 12.0 Å². The SMILES string of the molecule is CCCC(=O)c1ccn(CC(=O)Nc2cccc(Br)c2)c1. The van der Waals surface area contributed by atoms with Crippen molar-refractivity contribution in [3.8, 4) is 0 Å². The molecular weight excluding hydrogens is 332 g/mol. The Kier molecular flexibility index (Phi) is 5.33. The Balaban J connectivity index is 1.95. The van der Waals surface area contributed by atoms with Gasteiger partial charge in [0, 0.05) is 34.5 Å². The first kappa shape index (κ1) is 15.5. The molecule has 5 heteroatoms. The second-order valence-electron chi connectivity index (χ2n) is 4.80. The van der Waals surface area contributed by atoms with E-state index in [4.69, 9.17) is 0 Å². The first-order chi connectivity index (χ1) is 10.1. The quantitative estimate of drug-likeness (QED) is 0.805. The molecular formula is C16H17BrN2O2. The molecule has 0 bridgehead atoms. The maximum atomic E-state index is 12.0. The number of ketones is 1. The summed E-state index contributed by atoms with van der Waals surface area (Å²) in [5.41, 5.74) is 1.40. The Morgan fingerprint density at radius 2 is 2.10 bits per heavy atom. The number of anilines is 1. The Hall–Kier alpha value is -1.88. The zero-order valence-corrected chi connectivity index (χ0v) is 13.4. The van der Waals surface area contributed by atoms with E-state index in [9.17, 15) is 9.59 Å². The number of rotatable bonds is 6. The molecule has 0 aliphatic rings. The van der Waals surface area contributed by atoms with Crippen molar-refractivity contribution >= 4 is 33.3 Å². The van der Waals surface area contributed by atoms with Crippen molar-refractivity contribution in [1.29, 1.82) is 0 Å². The second kappa shape index (κ2) is 7.22. The highest BCUT2D eigenvalue weighted by molar-refractivity contribution is 9.10. The maximum Gasteiger partial charge on any atom is 0.244 e. The monoisotopic (exact) mass is 348 g/mol. The molecule has 1 heterocycles. The van der Waals surface area contributed by atoms with Gasteiger partial charge in [-0.15, -0.1) is 0 Å². The van der Waals surface area contributed by atoms with Crippen LogP contribution in [0, 0.1) is 0 Å². The van der Waals surface area contributed by atoms with Crippen LogP contribution in [0.3, 0.4) is 0 Å². The molecule has 0 spiro atoms. The number of Topliss-reactive ketones (excluding diaryl/α,β-unsaturated/α-hetero) is 1. The molecule has 0 aliphatic heterocycles. The van der Waals surface area contributed by atoms with Crippen LogP contribution in [0.25, 0.3) is 0 Å². The van der Waals surface area contributed by atoms with Crippen molar-refractivity contribution in [2.24, 2.45) is 0 Å². The minimum Gasteiger partial charge on any atom is -0.344 e. The maximum absolute atomic E-state index is 12.0. The smallest absolute Gasteiger partial charge is 0.244 e. The number of amides is 1. The van der Waals surface area contributed by atoms with Gasteiger partial charge in [0.1, 0.15) is 6.54 Å². The Bertz CT molecular complexity index is 649. The third-order valence-corrected chi connectivity index (χ3v) is 3.48. The molecule has 1 N–H and O–H groups in total. The highest BCUT2D eigenvalue weighted by Crippen LogP contribution is 2.15. The van der Waals surface area contributed by atoms with Gasteiger partial charge >= 0.3 is 0 Å². The predicted octanol–water partition coefficient (Wildman–Crippen LogP) is 3.87. The fraction of sp³-hybridized carbons (Fsp3) is 0.250. The van der Waals surface area contributed by atoms with Crippen molar-refractivity contribution in [2.45, 2.75) is 26.3 Å². The number of halogens is 1. The van der Waals surface area contributed by atoms with Crippen LogP contribution in [0.15, 0.2) is 47.2 Å². The van der Waals surface area contributed by atoms with Crippen molar-refractivity contribution < 1.29 is 9.59 Å². The van der Waals surface area contributed by atoms with Gasteiger partial charge in [-0.2, -0.15) is 0 Å². The average molecular weight is 349 g/mol. The molecule has 1 amide bonds. The fourth-order valence-electron chi connectivity index (χ4n) is 2.01.